The molecule has 1 aliphatic carbocycles. The highest BCUT2D eigenvalue weighted by Gasteiger charge is 2.37. The van der Waals surface area contributed by atoms with E-state index in [0.29, 0.717) is 12.5 Å². The monoisotopic (exact) mass is 304 g/mol. The topological polar surface area (TPSA) is 93.0 Å². The van der Waals surface area contributed by atoms with Crippen LogP contribution in [-0.2, 0) is 11.3 Å². The van der Waals surface area contributed by atoms with Crippen LogP contribution in [0.15, 0.2) is 4.52 Å². The Labute approximate surface area is 128 Å². The molecule has 2 atom stereocenters. The molecular weight excluding hydrogens is 284 g/mol. The van der Waals surface area contributed by atoms with E-state index in [-0.39, 0.29) is 12.1 Å². The third-order valence-corrected chi connectivity index (χ3v) is 4.37. The van der Waals surface area contributed by atoms with E-state index in [0.717, 1.165) is 49.2 Å². The van der Waals surface area contributed by atoms with Crippen LogP contribution < -0.4 is 0 Å². The van der Waals surface area contributed by atoms with Crippen LogP contribution in [-0.4, -0.2) is 50.0 Å². The molecule has 2 aromatic heterocycles. The van der Waals surface area contributed by atoms with Crippen molar-refractivity contribution >= 4 is 0 Å². The maximum Gasteiger partial charge on any atom is 0.229 e. The van der Waals surface area contributed by atoms with E-state index in [4.69, 9.17) is 9.26 Å². The summed E-state index contributed by atoms with van der Waals surface area (Å²) in [5, 5.41) is 11.3. The number of aryl methyl sites for hydroxylation is 1. The zero-order valence-electron chi connectivity index (χ0n) is 12.8. The van der Waals surface area contributed by atoms with E-state index in [2.05, 4.69) is 30.2 Å². The van der Waals surface area contributed by atoms with Crippen molar-refractivity contribution in [3.63, 3.8) is 0 Å². The zero-order valence-corrected chi connectivity index (χ0v) is 12.8. The Bertz CT molecular complexity index is 649. The summed E-state index contributed by atoms with van der Waals surface area (Å²) in [4.78, 5) is 11.2. The van der Waals surface area contributed by atoms with Gasteiger partial charge in [0.15, 0.2) is 11.6 Å². The summed E-state index contributed by atoms with van der Waals surface area (Å²) in [6.07, 6.45) is 3.38. The lowest BCUT2D eigenvalue weighted by Gasteiger charge is -2.19. The molecular formula is C14H20N6O2. The molecule has 1 aliphatic heterocycles. The summed E-state index contributed by atoms with van der Waals surface area (Å²) >= 11 is 0. The number of ether oxygens (including phenoxy) is 1. The van der Waals surface area contributed by atoms with Gasteiger partial charge in [0.25, 0.3) is 0 Å². The minimum Gasteiger partial charge on any atom is -0.380 e. The minimum atomic E-state index is 0.123. The summed E-state index contributed by atoms with van der Waals surface area (Å²) in [5.74, 6) is 3.63. The number of nitrogens with one attached hydrogen (secondary N) is 1. The average Bonchev–Trinajstić information content (AvgIpc) is 2.94. The molecule has 1 saturated carbocycles. The van der Waals surface area contributed by atoms with Crippen molar-refractivity contribution in [1.82, 2.24) is 30.2 Å². The molecule has 0 spiro atoms. The molecule has 2 aliphatic rings. The number of methoxy groups -OCH3 is 1. The van der Waals surface area contributed by atoms with Crippen molar-refractivity contribution in [1.29, 1.82) is 0 Å². The lowest BCUT2D eigenvalue weighted by Crippen LogP contribution is -2.26. The van der Waals surface area contributed by atoms with E-state index >= 15 is 0 Å². The zero-order chi connectivity index (χ0) is 15.1. The third-order valence-electron chi connectivity index (χ3n) is 4.37. The molecule has 1 saturated heterocycles. The molecule has 1 N–H and O–H groups in total. The van der Waals surface area contributed by atoms with Crippen LogP contribution in [0.1, 0.15) is 54.6 Å². The summed E-state index contributed by atoms with van der Waals surface area (Å²) in [5.41, 5.74) is 0. The average molecular weight is 304 g/mol. The van der Waals surface area contributed by atoms with Gasteiger partial charge in [-0.25, -0.2) is 4.98 Å². The molecule has 22 heavy (non-hydrogen) atoms. The van der Waals surface area contributed by atoms with Crippen LogP contribution in [0, 0.1) is 6.92 Å². The minimum absolute atomic E-state index is 0.123. The third kappa shape index (κ3) is 2.64. The van der Waals surface area contributed by atoms with Gasteiger partial charge in [-0.05, 0) is 26.2 Å². The molecule has 4 rings (SSSR count). The van der Waals surface area contributed by atoms with Gasteiger partial charge in [-0.3, -0.25) is 10.00 Å². The van der Waals surface area contributed by atoms with E-state index in [1.54, 1.807) is 7.11 Å². The molecule has 118 valence electrons. The van der Waals surface area contributed by atoms with Crippen molar-refractivity contribution < 1.29 is 9.26 Å². The molecule has 2 fully saturated rings. The Hall–Kier alpha value is -1.80. The summed E-state index contributed by atoms with van der Waals surface area (Å²) in [6.45, 7) is 3.36. The first-order valence-electron chi connectivity index (χ1n) is 7.71. The van der Waals surface area contributed by atoms with Gasteiger partial charge in [-0.1, -0.05) is 5.16 Å². The van der Waals surface area contributed by atoms with Crippen molar-refractivity contribution in [3.8, 4) is 0 Å². The van der Waals surface area contributed by atoms with Gasteiger partial charge in [0.1, 0.15) is 5.82 Å². The van der Waals surface area contributed by atoms with Crippen LogP contribution in [0.4, 0.5) is 0 Å². The van der Waals surface area contributed by atoms with Crippen molar-refractivity contribution in [3.05, 3.63) is 23.4 Å². The highest BCUT2D eigenvalue weighted by atomic mass is 16.5. The first-order chi connectivity index (χ1) is 10.7. The number of hydrogen-bond acceptors (Lipinski definition) is 7. The molecule has 2 aromatic rings. The number of likely N-dealkylation sites (tertiary alicyclic amines) is 1. The number of H-pyrrole nitrogens is 1. The Morgan fingerprint density at radius 1 is 1.36 bits per heavy atom. The molecule has 0 aromatic carbocycles. The van der Waals surface area contributed by atoms with Crippen LogP contribution in [0.2, 0.25) is 0 Å². The van der Waals surface area contributed by atoms with Gasteiger partial charge in [0.05, 0.1) is 18.7 Å². The van der Waals surface area contributed by atoms with Crippen molar-refractivity contribution in [2.45, 2.75) is 50.8 Å². The van der Waals surface area contributed by atoms with Crippen LogP contribution >= 0.6 is 0 Å². The van der Waals surface area contributed by atoms with E-state index in [9.17, 15) is 0 Å². The number of aromatic amines is 1. The smallest absolute Gasteiger partial charge is 0.229 e. The highest BCUT2D eigenvalue weighted by Crippen LogP contribution is 2.39. The standard InChI is InChI=1S/C14H20N6O2/c1-8-15-13(18-17-8)11-5-10(21-2)6-20(11)7-12-16-14(22-19-12)9-3-4-9/h9-11H,3-7H2,1-2H3,(H,15,17,18)/t10-,11+/m1/s1. The molecule has 8 heteroatoms. The Morgan fingerprint density at radius 3 is 2.91 bits per heavy atom. The second-order valence-corrected chi connectivity index (χ2v) is 6.14. The Balaban J connectivity index is 1.51. The predicted octanol–water partition coefficient (Wildman–Crippen LogP) is 1.34. The molecule has 0 unspecified atom stereocenters. The number of rotatable bonds is 5. The van der Waals surface area contributed by atoms with Gasteiger partial charge < -0.3 is 9.26 Å². The molecule has 0 bridgehead atoms. The second-order valence-electron chi connectivity index (χ2n) is 6.14. The maximum atomic E-state index is 5.52. The van der Waals surface area contributed by atoms with Gasteiger partial charge >= 0.3 is 0 Å². The Kier molecular flexibility index (Phi) is 3.42. The predicted molar refractivity (Wildman–Crippen MR) is 76.0 cm³/mol. The molecule has 8 nitrogen and oxygen atoms in total. The molecule has 3 heterocycles. The lowest BCUT2D eigenvalue weighted by molar-refractivity contribution is 0.106. The lowest BCUT2D eigenvalue weighted by atomic mass is 10.2. The van der Waals surface area contributed by atoms with Crippen LogP contribution in [0.3, 0.4) is 0 Å². The fraction of sp³-hybridized carbons (Fsp3) is 0.714. The van der Waals surface area contributed by atoms with Gasteiger partial charge in [-0.2, -0.15) is 10.1 Å². The SMILES string of the molecule is CO[C@@H]1C[C@@H](c2n[nH]c(C)n2)N(Cc2noc(C3CC3)n2)C1. The van der Waals surface area contributed by atoms with Crippen molar-refractivity contribution in [2.24, 2.45) is 0 Å². The van der Waals surface area contributed by atoms with Gasteiger partial charge in [0, 0.05) is 19.6 Å². The van der Waals surface area contributed by atoms with Gasteiger partial charge in [-0.15, -0.1) is 0 Å². The maximum absolute atomic E-state index is 5.52. The number of nitrogens with zero attached hydrogens (tertiary/aromatic N) is 5. The molecule has 0 amide bonds. The summed E-state index contributed by atoms with van der Waals surface area (Å²) < 4.78 is 10.9. The quantitative estimate of drug-likeness (QED) is 0.890. The van der Waals surface area contributed by atoms with E-state index < -0.39 is 0 Å². The fourth-order valence-electron chi connectivity index (χ4n) is 2.99. The van der Waals surface area contributed by atoms with Crippen LogP contribution in [0.25, 0.3) is 0 Å². The molecule has 0 radical (unpaired) electrons. The highest BCUT2D eigenvalue weighted by molar-refractivity contribution is 5.05. The van der Waals surface area contributed by atoms with E-state index in [1.165, 1.54) is 0 Å². The van der Waals surface area contributed by atoms with Crippen molar-refractivity contribution in [2.75, 3.05) is 13.7 Å². The first kappa shape index (κ1) is 13.8. The summed E-state index contributed by atoms with van der Waals surface area (Å²) in [7, 11) is 1.74. The normalized spacial score (nSPS) is 25.9. The van der Waals surface area contributed by atoms with Gasteiger partial charge in [0.2, 0.25) is 5.89 Å². The number of hydrogen-bond donors (Lipinski definition) is 1. The van der Waals surface area contributed by atoms with Crippen LogP contribution in [0.5, 0.6) is 0 Å². The second kappa shape index (κ2) is 5.44. The largest absolute Gasteiger partial charge is 0.380 e. The summed E-state index contributed by atoms with van der Waals surface area (Å²) in [6, 6.07) is 0.123. The van der Waals surface area contributed by atoms with E-state index in [1.807, 2.05) is 6.92 Å². The number of aromatic nitrogens is 5. The Morgan fingerprint density at radius 2 is 2.23 bits per heavy atom. The first-order valence-corrected chi connectivity index (χ1v) is 7.71. The fourth-order valence-corrected chi connectivity index (χ4v) is 2.99.